The van der Waals surface area contributed by atoms with E-state index >= 15 is 0 Å². The lowest BCUT2D eigenvalue weighted by Crippen LogP contribution is -2.14. The molecule has 3 rings (SSSR count). The molecule has 0 saturated carbocycles. The molecule has 1 aromatic carbocycles. The second-order valence-electron chi connectivity index (χ2n) is 4.58. The Morgan fingerprint density at radius 1 is 1.32 bits per heavy atom. The first-order valence-corrected chi connectivity index (χ1v) is 7.99. The zero-order valence-electron chi connectivity index (χ0n) is 11.3. The molecule has 0 radical (unpaired) electrons. The third-order valence-corrected chi connectivity index (χ3v) is 4.55. The summed E-state index contributed by atoms with van der Waals surface area (Å²) in [6, 6.07) is 6.25. The molecule has 0 fully saturated rings. The molecule has 0 saturated heterocycles. The maximum absolute atomic E-state index is 13.2. The molecule has 6 nitrogen and oxygen atoms in total. The van der Waals surface area contributed by atoms with Gasteiger partial charge in [-0.1, -0.05) is 17.7 Å². The summed E-state index contributed by atoms with van der Waals surface area (Å²) in [5.41, 5.74) is 0.976. The Morgan fingerprint density at radius 3 is 2.82 bits per heavy atom. The van der Waals surface area contributed by atoms with Crippen molar-refractivity contribution in [1.29, 1.82) is 0 Å². The van der Waals surface area contributed by atoms with Crippen LogP contribution in [0.4, 0.5) is 10.2 Å². The molecule has 114 valence electrons. The highest BCUT2D eigenvalue weighted by atomic mass is 35.5. The van der Waals surface area contributed by atoms with Gasteiger partial charge in [-0.15, -0.1) is 0 Å². The molecule has 0 unspecified atom stereocenters. The number of nitrogens with one attached hydrogen (secondary N) is 1. The number of pyridine rings is 1. The van der Waals surface area contributed by atoms with Gasteiger partial charge in [0, 0.05) is 13.1 Å². The van der Waals surface area contributed by atoms with Gasteiger partial charge in [-0.2, -0.15) is 0 Å². The summed E-state index contributed by atoms with van der Waals surface area (Å²) in [6.45, 7) is 0. The Labute approximate surface area is 130 Å². The van der Waals surface area contributed by atoms with Crippen molar-refractivity contribution in [2.75, 3.05) is 4.72 Å². The molecule has 9 heteroatoms. The maximum atomic E-state index is 13.2. The van der Waals surface area contributed by atoms with Crippen molar-refractivity contribution in [2.24, 2.45) is 7.05 Å². The van der Waals surface area contributed by atoms with Gasteiger partial charge in [-0.25, -0.2) is 22.8 Å². The van der Waals surface area contributed by atoms with Crippen LogP contribution in [0.25, 0.3) is 11.0 Å². The third-order valence-electron chi connectivity index (χ3n) is 3.02. The Balaban J connectivity index is 2.10. The Hall–Kier alpha value is -2.19. The molecule has 0 aliphatic rings. The molecule has 0 bridgehead atoms. The fraction of sp³-hybridized carbons (Fsp3) is 0.0769. The highest BCUT2D eigenvalue weighted by Crippen LogP contribution is 2.25. The SMILES string of the molecule is Cn1cnc2c(NS(=O)(=O)c3cccc(F)c3)nc(Cl)cc21. The summed E-state index contributed by atoms with van der Waals surface area (Å²) in [7, 11) is -2.25. The van der Waals surface area contributed by atoms with Gasteiger partial charge >= 0.3 is 0 Å². The van der Waals surface area contributed by atoms with E-state index in [-0.39, 0.29) is 15.9 Å². The number of hydrogen-bond donors (Lipinski definition) is 1. The summed E-state index contributed by atoms with van der Waals surface area (Å²) in [5.74, 6) is -0.655. The van der Waals surface area contributed by atoms with Crippen molar-refractivity contribution in [3.63, 3.8) is 0 Å². The van der Waals surface area contributed by atoms with Crippen LogP contribution in [0.1, 0.15) is 0 Å². The van der Waals surface area contributed by atoms with Crippen LogP contribution >= 0.6 is 11.6 Å². The molecule has 0 aliphatic carbocycles. The van der Waals surface area contributed by atoms with Gasteiger partial charge in [-0.05, 0) is 18.2 Å². The highest BCUT2D eigenvalue weighted by molar-refractivity contribution is 7.92. The van der Waals surface area contributed by atoms with Crippen molar-refractivity contribution in [1.82, 2.24) is 14.5 Å². The number of rotatable bonds is 3. The Bertz CT molecular complexity index is 971. The second-order valence-corrected chi connectivity index (χ2v) is 6.65. The lowest BCUT2D eigenvalue weighted by molar-refractivity contribution is 0.595. The highest BCUT2D eigenvalue weighted by Gasteiger charge is 2.19. The van der Waals surface area contributed by atoms with E-state index in [9.17, 15) is 12.8 Å². The number of halogens is 2. The summed E-state index contributed by atoms with van der Waals surface area (Å²) in [4.78, 5) is 7.84. The average molecular weight is 341 g/mol. The van der Waals surface area contributed by atoms with E-state index in [1.54, 1.807) is 17.7 Å². The molecule has 22 heavy (non-hydrogen) atoms. The van der Waals surface area contributed by atoms with E-state index in [0.717, 1.165) is 12.1 Å². The van der Waals surface area contributed by atoms with Crippen molar-refractivity contribution in [2.45, 2.75) is 4.90 Å². The number of nitrogens with zero attached hydrogens (tertiary/aromatic N) is 3. The standard InChI is InChI=1S/C13H10ClFN4O2S/c1-19-7-16-12-10(19)6-11(14)17-13(12)18-22(20,21)9-4-2-3-8(15)5-9/h2-7H,1H3,(H,17,18). The molecule has 2 aromatic heterocycles. The molecular formula is C13H10ClFN4O2S. The molecule has 3 aromatic rings. The van der Waals surface area contributed by atoms with Gasteiger partial charge in [0.25, 0.3) is 10.0 Å². The van der Waals surface area contributed by atoms with Crippen molar-refractivity contribution in [3.05, 3.63) is 47.6 Å². The summed E-state index contributed by atoms with van der Waals surface area (Å²) in [5, 5.41) is 0.119. The molecular weight excluding hydrogens is 331 g/mol. The van der Waals surface area contributed by atoms with E-state index in [1.165, 1.54) is 18.5 Å². The van der Waals surface area contributed by atoms with Crippen LogP contribution < -0.4 is 4.72 Å². The van der Waals surface area contributed by atoms with E-state index in [1.807, 2.05) is 0 Å². The fourth-order valence-corrected chi connectivity index (χ4v) is 3.22. The molecule has 1 N–H and O–H groups in total. The molecule has 0 aliphatic heterocycles. The Morgan fingerprint density at radius 2 is 2.09 bits per heavy atom. The van der Waals surface area contributed by atoms with Crippen LogP contribution in [0.2, 0.25) is 5.15 Å². The quantitative estimate of drug-likeness (QED) is 0.743. The topological polar surface area (TPSA) is 76.9 Å². The Kier molecular flexibility index (Phi) is 3.50. The number of anilines is 1. The van der Waals surface area contributed by atoms with Gasteiger partial charge < -0.3 is 4.57 Å². The van der Waals surface area contributed by atoms with Gasteiger partial charge in [0.2, 0.25) is 0 Å². The number of sulfonamides is 1. The maximum Gasteiger partial charge on any atom is 0.263 e. The third kappa shape index (κ3) is 2.62. The van der Waals surface area contributed by atoms with E-state index in [4.69, 9.17) is 11.6 Å². The number of imidazole rings is 1. The van der Waals surface area contributed by atoms with Crippen LogP contribution in [0.5, 0.6) is 0 Å². The zero-order valence-corrected chi connectivity index (χ0v) is 12.9. The van der Waals surface area contributed by atoms with Crippen LogP contribution in [-0.2, 0) is 17.1 Å². The van der Waals surface area contributed by atoms with Gasteiger partial charge in [-0.3, -0.25) is 4.72 Å². The first-order valence-electron chi connectivity index (χ1n) is 6.13. The lowest BCUT2D eigenvalue weighted by Gasteiger charge is -2.08. The normalized spacial score (nSPS) is 11.8. The fourth-order valence-electron chi connectivity index (χ4n) is 1.99. The van der Waals surface area contributed by atoms with Crippen LogP contribution in [-0.4, -0.2) is 23.0 Å². The van der Waals surface area contributed by atoms with Crippen molar-refractivity contribution in [3.8, 4) is 0 Å². The summed E-state index contributed by atoms with van der Waals surface area (Å²) in [6.07, 6.45) is 1.52. The lowest BCUT2D eigenvalue weighted by atomic mass is 10.4. The monoisotopic (exact) mass is 340 g/mol. The first-order chi connectivity index (χ1) is 10.4. The molecule has 0 amide bonds. The summed E-state index contributed by atoms with van der Waals surface area (Å²) < 4.78 is 41.8. The van der Waals surface area contributed by atoms with Crippen LogP contribution in [0, 0.1) is 5.82 Å². The average Bonchev–Trinajstić information content (AvgIpc) is 2.80. The van der Waals surface area contributed by atoms with Crippen LogP contribution in [0.3, 0.4) is 0 Å². The second kappa shape index (κ2) is 5.22. The smallest absolute Gasteiger partial charge is 0.263 e. The molecule has 0 atom stereocenters. The summed E-state index contributed by atoms with van der Waals surface area (Å²) >= 11 is 5.91. The first kappa shape index (κ1) is 14.7. The molecule has 2 heterocycles. The minimum atomic E-state index is -4.00. The number of aromatic nitrogens is 3. The minimum absolute atomic E-state index is 0.00707. The number of benzene rings is 1. The largest absolute Gasteiger partial charge is 0.334 e. The number of fused-ring (bicyclic) bond motifs is 1. The van der Waals surface area contributed by atoms with Gasteiger partial charge in [0.15, 0.2) is 5.82 Å². The van der Waals surface area contributed by atoms with Crippen LogP contribution in [0.15, 0.2) is 41.6 Å². The van der Waals surface area contributed by atoms with Gasteiger partial charge in [0.1, 0.15) is 16.5 Å². The van der Waals surface area contributed by atoms with E-state index in [2.05, 4.69) is 14.7 Å². The minimum Gasteiger partial charge on any atom is -0.334 e. The van der Waals surface area contributed by atoms with Gasteiger partial charge in [0.05, 0.1) is 16.7 Å². The van der Waals surface area contributed by atoms with Crippen molar-refractivity contribution < 1.29 is 12.8 Å². The molecule has 0 spiro atoms. The predicted molar refractivity (Wildman–Crippen MR) is 80.7 cm³/mol. The number of aryl methyl sites for hydroxylation is 1. The predicted octanol–water partition coefficient (Wildman–Crippen LogP) is 2.56. The zero-order chi connectivity index (χ0) is 15.9. The van der Waals surface area contributed by atoms with E-state index in [0.29, 0.717) is 11.0 Å². The number of hydrogen-bond acceptors (Lipinski definition) is 4. The van der Waals surface area contributed by atoms with Crippen molar-refractivity contribution >= 4 is 38.5 Å². The van der Waals surface area contributed by atoms with E-state index < -0.39 is 15.8 Å².